The van der Waals surface area contributed by atoms with Crippen molar-refractivity contribution in [2.45, 2.75) is 31.8 Å². The Morgan fingerprint density at radius 2 is 1.95 bits per heavy atom. The molecule has 1 aromatic rings. The molecule has 1 aliphatic heterocycles. The summed E-state index contributed by atoms with van der Waals surface area (Å²) in [6, 6.07) is 10.9. The molecule has 1 heterocycles. The number of nitrogens with zero attached hydrogens (tertiary/aromatic N) is 1. The standard InChI is InChI=1S/C15H23N3O2/c1-12(13-6-4-3-5-7-13)18-10-8-14(9-11-18)16-15(19)17-20-2/h3-7,12,14H,8-11H2,1-2H3,(H2,16,17,19)/t12-/m1/s1. The molecule has 1 fully saturated rings. The maximum Gasteiger partial charge on any atom is 0.338 e. The van der Waals surface area contributed by atoms with E-state index in [-0.39, 0.29) is 12.1 Å². The zero-order chi connectivity index (χ0) is 14.4. The molecule has 1 aliphatic rings. The summed E-state index contributed by atoms with van der Waals surface area (Å²) in [7, 11) is 1.43. The highest BCUT2D eigenvalue weighted by atomic mass is 16.6. The van der Waals surface area contributed by atoms with Gasteiger partial charge in [0.15, 0.2) is 0 Å². The summed E-state index contributed by atoms with van der Waals surface area (Å²) in [5, 5.41) is 2.92. The summed E-state index contributed by atoms with van der Waals surface area (Å²) in [6.45, 7) is 4.22. The number of nitrogens with one attached hydrogen (secondary N) is 2. The van der Waals surface area contributed by atoms with Crippen LogP contribution in [0.3, 0.4) is 0 Å². The number of amides is 2. The number of hydrogen-bond acceptors (Lipinski definition) is 3. The van der Waals surface area contributed by atoms with E-state index in [1.807, 2.05) is 6.07 Å². The third kappa shape index (κ3) is 3.95. The Bertz CT molecular complexity index is 416. The Labute approximate surface area is 120 Å². The molecular formula is C15H23N3O2. The average molecular weight is 277 g/mol. The van der Waals surface area contributed by atoms with Crippen LogP contribution in [0, 0.1) is 0 Å². The lowest BCUT2D eigenvalue weighted by Crippen LogP contribution is -2.48. The summed E-state index contributed by atoms with van der Waals surface area (Å²) in [5.74, 6) is 0. The van der Waals surface area contributed by atoms with E-state index in [4.69, 9.17) is 0 Å². The Morgan fingerprint density at radius 1 is 1.30 bits per heavy atom. The number of carbonyl (C=O) groups is 1. The number of likely N-dealkylation sites (tertiary alicyclic amines) is 1. The molecule has 1 saturated heterocycles. The molecule has 5 heteroatoms. The quantitative estimate of drug-likeness (QED) is 0.828. The van der Waals surface area contributed by atoms with Crippen LogP contribution in [0.1, 0.15) is 31.4 Å². The predicted molar refractivity (Wildman–Crippen MR) is 78.1 cm³/mol. The van der Waals surface area contributed by atoms with Crippen LogP contribution in [-0.2, 0) is 4.84 Å². The van der Waals surface area contributed by atoms with Crippen molar-refractivity contribution in [1.82, 2.24) is 15.7 Å². The molecule has 2 N–H and O–H groups in total. The number of hydrogen-bond donors (Lipinski definition) is 2. The van der Waals surface area contributed by atoms with Crippen molar-refractivity contribution in [2.75, 3.05) is 20.2 Å². The molecule has 2 rings (SSSR count). The van der Waals surface area contributed by atoms with Crippen LogP contribution in [0.2, 0.25) is 0 Å². The normalized spacial score (nSPS) is 18.5. The van der Waals surface area contributed by atoms with E-state index in [2.05, 4.69) is 51.7 Å². The topological polar surface area (TPSA) is 53.6 Å². The fourth-order valence-corrected chi connectivity index (χ4v) is 2.68. The average Bonchev–Trinajstić information content (AvgIpc) is 2.48. The highest BCUT2D eigenvalue weighted by molar-refractivity contribution is 5.72. The van der Waals surface area contributed by atoms with Gasteiger partial charge in [-0.3, -0.25) is 9.74 Å². The lowest BCUT2D eigenvalue weighted by molar-refractivity contribution is 0.101. The highest BCUT2D eigenvalue weighted by Gasteiger charge is 2.24. The first kappa shape index (κ1) is 14.8. The monoisotopic (exact) mass is 277 g/mol. The molecule has 0 radical (unpaired) electrons. The van der Waals surface area contributed by atoms with E-state index in [1.54, 1.807) is 0 Å². The maximum absolute atomic E-state index is 11.4. The van der Waals surface area contributed by atoms with Gasteiger partial charge in [0.1, 0.15) is 0 Å². The third-order valence-corrected chi connectivity index (χ3v) is 3.89. The van der Waals surface area contributed by atoms with E-state index in [0.717, 1.165) is 25.9 Å². The van der Waals surface area contributed by atoms with Gasteiger partial charge in [-0.25, -0.2) is 10.3 Å². The van der Waals surface area contributed by atoms with Gasteiger partial charge in [-0.2, -0.15) is 0 Å². The first-order valence-corrected chi connectivity index (χ1v) is 7.09. The van der Waals surface area contributed by atoms with Gasteiger partial charge in [0.25, 0.3) is 0 Å². The highest BCUT2D eigenvalue weighted by Crippen LogP contribution is 2.23. The van der Waals surface area contributed by atoms with Crippen molar-refractivity contribution in [2.24, 2.45) is 0 Å². The summed E-state index contributed by atoms with van der Waals surface area (Å²) < 4.78 is 0. The first-order chi connectivity index (χ1) is 9.70. The van der Waals surface area contributed by atoms with Crippen LogP contribution in [0.25, 0.3) is 0 Å². The molecule has 20 heavy (non-hydrogen) atoms. The van der Waals surface area contributed by atoms with Crippen LogP contribution < -0.4 is 10.8 Å². The van der Waals surface area contributed by atoms with Crippen molar-refractivity contribution in [3.8, 4) is 0 Å². The van der Waals surface area contributed by atoms with Gasteiger partial charge in [0.05, 0.1) is 7.11 Å². The summed E-state index contributed by atoms with van der Waals surface area (Å²) in [5.41, 5.74) is 3.63. The molecule has 2 amide bonds. The number of piperidine rings is 1. The Hall–Kier alpha value is -1.59. The van der Waals surface area contributed by atoms with Gasteiger partial charge in [-0.05, 0) is 25.3 Å². The Balaban J connectivity index is 1.81. The SMILES string of the molecule is CONC(=O)NC1CCN([C@H](C)c2ccccc2)CC1. The second-order valence-corrected chi connectivity index (χ2v) is 5.18. The molecule has 0 aromatic heterocycles. The molecule has 5 nitrogen and oxygen atoms in total. The lowest BCUT2D eigenvalue weighted by Gasteiger charge is -2.36. The zero-order valence-electron chi connectivity index (χ0n) is 12.1. The van der Waals surface area contributed by atoms with E-state index < -0.39 is 0 Å². The van der Waals surface area contributed by atoms with Gasteiger partial charge < -0.3 is 5.32 Å². The van der Waals surface area contributed by atoms with Gasteiger partial charge in [-0.15, -0.1) is 0 Å². The van der Waals surface area contributed by atoms with Crippen LogP contribution in [0.15, 0.2) is 30.3 Å². The minimum Gasteiger partial charge on any atom is -0.334 e. The third-order valence-electron chi connectivity index (χ3n) is 3.89. The molecule has 0 aliphatic carbocycles. The minimum atomic E-state index is -0.262. The summed E-state index contributed by atoms with van der Waals surface area (Å²) in [4.78, 5) is 18.4. The van der Waals surface area contributed by atoms with E-state index in [1.165, 1.54) is 12.7 Å². The number of carbonyl (C=O) groups excluding carboxylic acids is 1. The minimum absolute atomic E-state index is 0.226. The molecule has 0 saturated carbocycles. The van der Waals surface area contributed by atoms with Crippen molar-refractivity contribution >= 4 is 6.03 Å². The van der Waals surface area contributed by atoms with E-state index >= 15 is 0 Å². The molecule has 1 atom stereocenters. The maximum atomic E-state index is 11.4. The summed E-state index contributed by atoms with van der Waals surface area (Å²) in [6.07, 6.45) is 1.93. The van der Waals surface area contributed by atoms with Crippen molar-refractivity contribution in [1.29, 1.82) is 0 Å². The first-order valence-electron chi connectivity index (χ1n) is 7.09. The molecule has 0 bridgehead atoms. The van der Waals surface area contributed by atoms with Crippen LogP contribution in [0.5, 0.6) is 0 Å². The van der Waals surface area contributed by atoms with Gasteiger partial charge in [0, 0.05) is 25.2 Å². The molecule has 0 unspecified atom stereocenters. The Kier molecular flexibility index (Phi) is 5.38. The number of benzene rings is 1. The second-order valence-electron chi connectivity index (χ2n) is 5.18. The number of hydroxylamine groups is 1. The van der Waals surface area contributed by atoms with E-state index in [9.17, 15) is 4.79 Å². The lowest BCUT2D eigenvalue weighted by atomic mass is 10.0. The largest absolute Gasteiger partial charge is 0.338 e. The molecular weight excluding hydrogens is 254 g/mol. The van der Waals surface area contributed by atoms with Crippen molar-refractivity contribution in [3.63, 3.8) is 0 Å². The fourth-order valence-electron chi connectivity index (χ4n) is 2.68. The van der Waals surface area contributed by atoms with E-state index in [0.29, 0.717) is 6.04 Å². The van der Waals surface area contributed by atoms with Crippen LogP contribution in [0.4, 0.5) is 4.79 Å². The molecule has 110 valence electrons. The van der Waals surface area contributed by atoms with Crippen molar-refractivity contribution < 1.29 is 9.63 Å². The Morgan fingerprint density at radius 3 is 2.55 bits per heavy atom. The van der Waals surface area contributed by atoms with Gasteiger partial charge >= 0.3 is 6.03 Å². The smallest absolute Gasteiger partial charge is 0.334 e. The van der Waals surface area contributed by atoms with Crippen LogP contribution >= 0.6 is 0 Å². The second kappa shape index (κ2) is 7.26. The summed E-state index contributed by atoms with van der Waals surface area (Å²) >= 11 is 0. The number of rotatable bonds is 4. The van der Waals surface area contributed by atoms with Crippen LogP contribution in [-0.4, -0.2) is 37.2 Å². The fraction of sp³-hybridized carbons (Fsp3) is 0.533. The molecule has 0 spiro atoms. The molecule has 1 aromatic carbocycles. The van der Waals surface area contributed by atoms with Crippen molar-refractivity contribution in [3.05, 3.63) is 35.9 Å². The van der Waals surface area contributed by atoms with Gasteiger partial charge in [0.2, 0.25) is 0 Å². The number of urea groups is 1. The zero-order valence-corrected chi connectivity index (χ0v) is 12.1. The predicted octanol–water partition coefficient (Wildman–Crippen LogP) is 2.07. The van der Waals surface area contributed by atoms with Gasteiger partial charge in [-0.1, -0.05) is 30.3 Å².